The Morgan fingerprint density at radius 3 is 2.40 bits per heavy atom. The van der Waals surface area contributed by atoms with E-state index in [0.29, 0.717) is 47.8 Å². The molecular formula is C30H39N7O8. The van der Waals surface area contributed by atoms with Crippen molar-refractivity contribution in [1.82, 2.24) is 14.7 Å². The predicted octanol–water partition coefficient (Wildman–Crippen LogP) is 3.79. The number of ether oxygens (including phenoxy) is 1. The maximum absolute atomic E-state index is 12.3. The number of aromatic carboxylic acids is 1. The smallest absolute Gasteiger partial charge is 0.445 e. The molecule has 0 atom stereocenters. The van der Waals surface area contributed by atoms with Crippen LogP contribution in [0.3, 0.4) is 0 Å². The first-order valence-electron chi connectivity index (χ1n) is 14.4. The van der Waals surface area contributed by atoms with Gasteiger partial charge >= 0.3 is 12.1 Å². The Hall–Kier alpha value is -5.02. The molecule has 0 saturated heterocycles. The Bertz CT molecular complexity index is 1510. The number of carbonyl (C=O) groups excluding carboxylic acids is 1. The van der Waals surface area contributed by atoms with Gasteiger partial charge in [-0.05, 0) is 56.2 Å². The third-order valence-electron chi connectivity index (χ3n) is 6.72. The van der Waals surface area contributed by atoms with Gasteiger partial charge in [-0.3, -0.25) is 0 Å². The topological polar surface area (TPSA) is 222 Å². The quantitative estimate of drug-likeness (QED) is 0.0341. The highest BCUT2D eigenvalue weighted by Crippen LogP contribution is 2.28. The maximum atomic E-state index is 12.3. The number of carbonyl (C=O) groups is 2. The fourth-order valence-electron chi connectivity index (χ4n) is 4.61. The lowest BCUT2D eigenvalue weighted by atomic mass is 9.98. The number of unbranched alkanes of at least 4 members (excludes halogenated alkanes) is 2. The molecule has 0 aliphatic rings. The van der Waals surface area contributed by atoms with Crippen LogP contribution in [0.1, 0.15) is 79.6 Å². The Labute approximate surface area is 260 Å². The van der Waals surface area contributed by atoms with Crippen molar-refractivity contribution in [1.29, 1.82) is 0 Å². The van der Waals surface area contributed by atoms with E-state index in [1.54, 1.807) is 16.7 Å². The van der Waals surface area contributed by atoms with Gasteiger partial charge in [0, 0.05) is 18.5 Å². The molecule has 242 valence electrons. The Balaban J connectivity index is 1.74. The lowest BCUT2D eigenvalue weighted by molar-refractivity contribution is -0.757. The Kier molecular flexibility index (Phi) is 12.0. The molecule has 1 heterocycles. The minimum Gasteiger partial charge on any atom is -0.477 e. The van der Waals surface area contributed by atoms with E-state index in [2.05, 4.69) is 14.9 Å². The van der Waals surface area contributed by atoms with Crippen LogP contribution in [-0.4, -0.2) is 61.1 Å². The number of hydrazone groups is 1. The standard InChI is InChI=1S/C30H39N7O8/c1-4-10-24-33-26(30(2,3)41)25(28(38)39)35(24)19-20-13-15-21(16-14-20)22-11-6-7-12-23(22)27(31)34-36(32)29(40)44-17-8-5-9-18-45-37(42)43/h6-7,11-16,41H,4-5,8-10,17-19,32H2,1-3H3,(H2,31,34)(H,38,39). The van der Waals surface area contributed by atoms with Crippen LogP contribution in [0.4, 0.5) is 4.79 Å². The summed E-state index contributed by atoms with van der Waals surface area (Å²) in [6.45, 7) is 5.24. The molecule has 3 rings (SSSR count). The van der Waals surface area contributed by atoms with E-state index < -0.39 is 22.8 Å². The summed E-state index contributed by atoms with van der Waals surface area (Å²) < 4.78 is 6.71. The molecule has 0 fully saturated rings. The summed E-state index contributed by atoms with van der Waals surface area (Å²) in [5, 5.41) is 34.3. The number of carboxylic acid groups (broad SMARTS) is 1. The number of aliphatic hydroxyl groups is 1. The second-order valence-corrected chi connectivity index (χ2v) is 10.7. The van der Waals surface area contributed by atoms with Crippen LogP contribution in [0.5, 0.6) is 0 Å². The summed E-state index contributed by atoms with van der Waals surface area (Å²) in [7, 11) is 0. The number of rotatable bonds is 16. The number of benzene rings is 2. The highest BCUT2D eigenvalue weighted by atomic mass is 16.9. The number of carboxylic acids is 1. The van der Waals surface area contributed by atoms with Crippen LogP contribution < -0.4 is 11.6 Å². The van der Waals surface area contributed by atoms with Crippen LogP contribution in [0.2, 0.25) is 0 Å². The number of hydrazine groups is 1. The lowest BCUT2D eigenvalue weighted by Gasteiger charge is -2.16. The molecule has 2 aromatic carbocycles. The summed E-state index contributed by atoms with van der Waals surface area (Å²) in [5.74, 6) is 5.15. The summed E-state index contributed by atoms with van der Waals surface area (Å²) in [5.41, 5.74) is 7.72. The monoisotopic (exact) mass is 625 g/mol. The zero-order chi connectivity index (χ0) is 33.1. The third kappa shape index (κ3) is 9.48. The maximum Gasteiger partial charge on any atom is 0.445 e. The largest absolute Gasteiger partial charge is 0.477 e. The van der Waals surface area contributed by atoms with E-state index >= 15 is 0 Å². The van der Waals surface area contributed by atoms with Crippen molar-refractivity contribution in [3.05, 3.63) is 87.0 Å². The number of hydrogen-bond donors (Lipinski definition) is 4. The molecule has 0 aliphatic carbocycles. The van der Waals surface area contributed by atoms with Gasteiger partial charge in [0.05, 0.1) is 13.2 Å². The van der Waals surface area contributed by atoms with Crippen LogP contribution >= 0.6 is 0 Å². The van der Waals surface area contributed by atoms with Gasteiger partial charge in [-0.1, -0.05) is 55.5 Å². The summed E-state index contributed by atoms with van der Waals surface area (Å²) in [6, 6.07) is 14.6. The summed E-state index contributed by atoms with van der Waals surface area (Å²) in [6.07, 6.45) is 1.82. The molecule has 15 nitrogen and oxygen atoms in total. The van der Waals surface area contributed by atoms with Gasteiger partial charge in [0.25, 0.3) is 5.09 Å². The van der Waals surface area contributed by atoms with E-state index in [4.69, 9.17) is 16.3 Å². The number of hydrogen-bond acceptors (Lipinski definition) is 10. The lowest BCUT2D eigenvalue weighted by Crippen LogP contribution is -2.36. The molecule has 1 amide bonds. The van der Waals surface area contributed by atoms with Crippen molar-refractivity contribution < 1.29 is 34.5 Å². The Morgan fingerprint density at radius 1 is 1.11 bits per heavy atom. The molecular weight excluding hydrogens is 586 g/mol. The molecule has 6 N–H and O–H groups in total. The van der Waals surface area contributed by atoms with Crippen molar-refractivity contribution >= 4 is 17.9 Å². The van der Waals surface area contributed by atoms with Crippen molar-refractivity contribution in [2.24, 2.45) is 16.7 Å². The molecule has 0 bridgehead atoms. The van der Waals surface area contributed by atoms with Crippen molar-refractivity contribution in [3.63, 3.8) is 0 Å². The van der Waals surface area contributed by atoms with Crippen molar-refractivity contribution in [2.45, 2.75) is 65.0 Å². The molecule has 15 heteroatoms. The highest BCUT2D eigenvalue weighted by Gasteiger charge is 2.31. The number of amidine groups is 1. The molecule has 0 aliphatic heterocycles. The fourth-order valence-corrected chi connectivity index (χ4v) is 4.61. The molecule has 0 radical (unpaired) electrons. The van der Waals surface area contributed by atoms with E-state index in [1.165, 1.54) is 13.8 Å². The van der Waals surface area contributed by atoms with Gasteiger partial charge in [0.1, 0.15) is 17.1 Å². The summed E-state index contributed by atoms with van der Waals surface area (Å²) >= 11 is 0. The van der Waals surface area contributed by atoms with E-state index in [-0.39, 0.29) is 37.0 Å². The first-order valence-corrected chi connectivity index (χ1v) is 14.4. The van der Waals surface area contributed by atoms with Gasteiger partial charge in [0.2, 0.25) is 0 Å². The second kappa shape index (κ2) is 15.6. The number of nitrogens with two attached hydrogens (primary N) is 2. The van der Waals surface area contributed by atoms with Gasteiger partial charge in [-0.25, -0.2) is 20.4 Å². The molecule has 0 saturated carbocycles. The predicted molar refractivity (Wildman–Crippen MR) is 164 cm³/mol. The van der Waals surface area contributed by atoms with Crippen LogP contribution in [0, 0.1) is 10.1 Å². The molecule has 0 spiro atoms. The zero-order valence-corrected chi connectivity index (χ0v) is 25.5. The molecule has 3 aromatic rings. The molecule has 0 unspecified atom stereocenters. The molecule has 45 heavy (non-hydrogen) atoms. The number of aryl methyl sites for hydroxylation is 1. The van der Waals surface area contributed by atoms with Gasteiger partial charge < -0.3 is 30.1 Å². The average Bonchev–Trinajstić information content (AvgIpc) is 3.35. The summed E-state index contributed by atoms with van der Waals surface area (Å²) in [4.78, 5) is 43.3. The minimum atomic E-state index is -1.43. The zero-order valence-electron chi connectivity index (χ0n) is 25.5. The van der Waals surface area contributed by atoms with Gasteiger partial charge in [0.15, 0.2) is 11.5 Å². The van der Waals surface area contributed by atoms with E-state index in [1.807, 2.05) is 43.3 Å². The first kappa shape index (κ1) is 34.5. The van der Waals surface area contributed by atoms with Gasteiger partial charge in [-0.15, -0.1) is 20.3 Å². The molecule has 1 aromatic heterocycles. The van der Waals surface area contributed by atoms with Crippen molar-refractivity contribution in [2.75, 3.05) is 13.2 Å². The third-order valence-corrected chi connectivity index (χ3v) is 6.72. The highest BCUT2D eigenvalue weighted by molar-refractivity contribution is 6.03. The average molecular weight is 626 g/mol. The van der Waals surface area contributed by atoms with Gasteiger partial charge in [-0.2, -0.15) is 0 Å². The van der Waals surface area contributed by atoms with Crippen LogP contribution in [-0.2, 0) is 28.1 Å². The Morgan fingerprint density at radius 2 is 1.78 bits per heavy atom. The van der Waals surface area contributed by atoms with Crippen LogP contribution in [0.25, 0.3) is 11.1 Å². The first-order chi connectivity index (χ1) is 21.3. The minimum absolute atomic E-state index is 0.0288. The SMILES string of the molecule is CCCc1nc(C(C)(C)O)c(C(=O)O)n1Cc1ccc(-c2ccccc2/C(N)=N/N(N)C(=O)OCCCCCO[N+](=O)[O-])cc1. The number of nitrogens with zero attached hydrogens (tertiary/aromatic N) is 5. The normalized spacial score (nSPS) is 11.7. The number of imidazole rings is 1. The fraction of sp³-hybridized carbons (Fsp3) is 0.400. The van der Waals surface area contributed by atoms with E-state index in [0.717, 1.165) is 17.5 Å². The number of amides is 1. The van der Waals surface area contributed by atoms with E-state index in [9.17, 15) is 29.9 Å². The van der Waals surface area contributed by atoms with Crippen molar-refractivity contribution in [3.8, 4) is 11.1 Å². The van der Waals surface area contributed by atoms with Crippen LogP contribution in [0.15, 0.2) is 53.6 Å². The second-order valence-electron chi connectivity index (χ2n) is 10.7. The number of aromatic nitrogens is 2.